The third-order valence-electron chi connectivity index (χ3n) is 4.25. The lowest BCUT2D eigenvalue weighted by molar-refractivity contribution is -0.137. The second-order valence-electron chi connectivity index (χ2n) is 6.37. The molecule has 6 nitrogen and oxygen atoms in total. The summed E-state index contributed by atoms with van der Waals surface area (Å²) in [6, 6.07) is 15.4. The van der Waals surface area contributed by atoms with Crippen LogP contribution in [-0.4, -0.2) is 20.9 Å². The lowest BCUT2D eigenvalue weighted by Crippen LogP contribution is -2.30. The number of benzene rings is 2. The van der Waals surface area contributed by atoms with E-state index < -0.39 is 29.8 Å². The minimum atomic E-state index is -4.52. The van der Waals surface area contributed by atoms with Crippen molar-refractivity contribution in [3.8, 4) is 10.4 Å². The number of fused-ring (bicyclic) bond motifs is 1. The number of nitrogens with zero attached hydrogens (tertiary/aromatic N) is 3. The Kier molecular flexibility index (Phi) is 5.08. The Balaban J connectivity index is 1.56. The first-order valence-electron chi connectivity index (χ1n) is 8.71. The molecule has 0 aliphatic heterocycles. The van der Waals surface area contributed by atoms with Crippen LogP contribution >= 0.6 is 11.3 Å². The largest absolute Gasteiger partial charge is 0.416 e. The van der Waals surface area contributed by atoms with Gasteiger partial charge in [0.05, 0.1) is 10.9 Å². The van der Waals surface area contributed by atoms with Crippen molar-refractivity contribution in [2.45, 2.75) is 12.7 Å². The van der Waals surface area contributed by atoms with Crippen molar-refractivity contribution >= 4 is 33.1 Å². The van der Waals surface area contributed by atoms with Crippen LogP contribution < -0.4 is 10.9 Å². The molecule has 1 N–H and O–H groups in total. The van der Waals surface area contributed by atoms with Crippen LogP contribution in [0.1, 0.15) is 5.56 Å². The van der Waals surface area contributed by atoms with Crippen molar-refractivity contribution in [2.24, 2.45) is 0 Å². The summed E-state index contributed by atoms with van der Waals surface area (Å²) in [5.41, 5.74) is -0.490. The molecule has 2 aromatic carbocycles. The van der Waals surface area contributed by atoms with Crippen molar-refractivity contribution in [1.82, 2.24) is 15.0 Å². The predicted molar refractivity (Wildman–Crippen MR) is 107 cm³/mol. The highest BCUT2D eigenvalue weighted by Gasteiger charge is 2.30. The third-order valence-corrected chi connectivity index (χ3v) is 5.31. The summed E-state index contributed by atoms with van der Waals surface area (Å²) >= 11 is 1.30. The average molecular weight is 430 g/mol. The number of amides is 1. The molecule has 0 aliphatic carbocycles. The van der Waals surface area contributed by atoms with Gasteiger partial charge < -0.3 is 5.32 Å². The average Bonchev–Trinajstić information content (AvgIpc) is 3.16. The van der Waals surface area contributed by atoms with E-state index in [0.717, 1.165) is 27.3 Å². The lowest BCUT2D eigenvalue weighted by atomic mass is 10.2. The first kappa shape index (κ1) is 19.8. The van der Waals surface area contributed by atoms with Gasteiger partial charge in [-0.25, -0.2) is 4.68 Å². The number of carbonyl (C=O) groups excluding carboxylic acids is 1. The zero-order valence-electron chi connectivity index (χ0n) is 15.2. The number of thiophene rings is 1. The van der Waals surface area contributed by atoms with Gasteiger partial charge in [0.1, 0.15) is 6.54 Å². The maximum absolute atomic E-state index is 12.8. The van der Waals surface area contributed by atoms with Gasteiger partial charge in [-0.1, -0.05) is 41.6 Å². The number of aromatic nitrogens is 3. The van der Waals surface area contributed by atoms with Gasteiger partial charge in [-0.2, -0.15) is 13.2 Å². The fourth-order valence-corrected chi connectivity index (χ4v) is 3.81. The SMILES string of the molecule is O=C(Cn1nnc2sc(-c3ccccc3)cc2c1=O)Nc1cccc(C(F)(F)F)c1. The molecule has 0 bridgehead atoms. The van der Waals surface area contributed by atoms with E-state index in [9.17, 15) is 22.8 Å². The minimum Gasteiger partial charge on any atom is -0.324 e. The number of hydrogen-bond donors (Lipinski definition) is 1. The van der Waals surface area contributed by atoms with E-state index in [0.29, 0.717) is 10.2 Å². The molecule has 152 valence electrons. The second-order valence-corrected chi connectivity index (χ2v) is 7.41. The summed E-state index contributed by atoms with van der Waals surface area (Å²) in [4.78, 5) is 26.2. The van der Waals surface area contributed by atoms with Crippen molar-refractivity contribution in [1.29, 1.82) is 0 Å². The Bertz CT molecular complexity index is 1280. The quantitative estimate of drug-likeness (QED) is 0.527. The first-order chi connectivity index (χ1) is 14.3. The number of carbonyl (C=O) groups is 1. The second kappa shape index (κ2) is 7.71. The Morgan fingerprint density at radius 2 is 1.83 bits per heavy atom. The highest BCUT2D eigenvalue weighted by atomic mass is 32.1. The van der Waals surface area contributed by atoms with Crippen LogP contribution in [-0.2, 0) is 17.5 Å². The van der Waals surface area contributed by atoms with Crippen molar-refractivity contribution < 1.29 is 18.0 Å². The van der Waals surface area contributed by atoms with Gasteiger partial charge in [-0.15, -0.1) is 16.4 Å². The van der Waals surface area contributed by atoms with Crippen LogP contribution in [0.5, 0.6) is 0 Å². The van der Waals surface area contributed by atoms with Gasteiger partial charge >= 0.3 is 6.18 Å². The monoisotopic (exact) mass is 430 g/mol. The smallest absolute Gasteiger partial charge is 0.324 e. The van der Waals surface area contributed by atoms with E-state index in [4.69, 9.17) is 0 Å². The van der Waals surface area contributed by atoms with Gasteiger partial charge in [0.25, 0.3) is 5.56 Å². The van der Waals surface area contributed by atoms with E-state index in [-0.39, 0.29) is 5.69 Å². The highest BCUT2D eigenvalue weighted by molar-refractivity contribution is 7.21. The standard InChI is InChI=1S/C20H13F3N4O2S/c21-20(22,23)13-7-4-8-14(9-13)24-17(28)11-27-19(29)15-10-16(30-18(15)25-26-27)12-5-2-1-3-6-12/h1-10H,11H2,(H,24,28). The van der Waals surface area contributed by atoms with Gasteiger partial charge in [0.15, 0.2) is 4.83 Å². The van der Waals surface area contributed by atoms with Crippen LogP contribution in [0.2, 0.25) is 0 Å². The molecule has 0 unspecified atom stereocenters. The number of hydrogen-bond acceptors (Lipinski definition) is 5. The lowest BCUT2D eigenvalue weighted by Gasteiger charge is -2.10. The number of nitrogens with one attached hydrogen (secondary N) is 1. The van der Waals surface area contributed by atoms with Gasteiger partial charge in [0, 0.05) is 10.6 Å². The molecule has 0 fully saturated rings. The van der Waals surface area contributed by atoms with Crippen LogP contribution in [0, 0.1) is 0 Å². The molecule has 2 heterocycles. The van der Waals surface area contributed by atoms with E-state index in [1.54, 1.807) is 6.07 Å². The van der Waals surface area contributed by atoms with E-state index >= 15 is 0 Å². The summed E-state index contributed by atoms with van der Waals surface area (Å²) in [5, 5.41) is 10.4. The Labute approximate surface area is 171 Å². The van der Waals surface area contributed by atoms with Crippen molar-refractivity contribution in [3.05, 3.63) is 76.6 Å². The Hall–Kier alpha value is -3.53. The normalized spacial score (nSPS) is 11.6. The van der Waals surface area contributed by atoms with Crippen molar-refractivity contribution in [3.63, 3.8) is 0 Å². The zero-order valence-corrected chi connectivity index (χ0v) is 16.0. The molecule has 0 saturated carbocycles. The number of anilines is 1. The molecule has 0 aliphatic rings. The van der Waals surface area contributed by atoms with E-state index in [1.807, 2.05) is 30.3 Å². The van der Waals surface area contributed by atoms with Crippen LogP contribution in [0.3, 0.4) is 0 Å². The third kappa shape index (κ3) is 4.08. The summed E-state index contributed by atoms with van der Waals surface area (Å²) in [6.07, 6.45) is -4.52. The Morgan fingerprint density at radius 1 is 1.07 bits per heavy atom. The first-order valence-corrected chi connectivity index (χ1v) is 9.53. The van der Waals surface area contributed by atoms with Crippen LogP contribution in [0.15, 0.2) is 65.5 Å². The maximum Gasteiger partial charge on any atom is 0.416 e. The molecule has 10 heteroatoms. The zero-order chi connectivity index (χ0) is 21.3. The molecule has 4 aromatic rings. The fourth-order valence-electron chi connectivity index (χ4n) is 2.84. The maximum atomic E-state index is 12.8. The van der Waals surface area contributed by atoms with Gasteiger partial charge in [0.2, 0.25) is 5.91 Å². The number of alkyl halides is 3. The number of halogens is 3. The molecule has 30 heavy (non-hydrogen) atoms. The van der Waals surface area contributed by atoms with Crippen LogP contribution in [0.4, 0.5) is 18.9 Å². The van der Waals surface area contributed by atoms with Gasteiger partial charge in [-0.3, -0.25) is 9.59 Å². The molecule has 0 spiro atoms. The molecule has 0 saturated heterocycles. The molecule has 1 amide bonds. The predicted octanol–water partition coefficient (Wildman–Crippen LogP) is 4.18. The molecular weight excluding hydrogens is 417 g/mol. The fraction of sp³-hybridized carbons (Fsp3) is 0.100. The topological polar surface area (TPSA) is 76.9 Å². The van der Waals surface area contributed by atoms with Crippen LogP contribution in [0.25, 0.3) is 20.7 Å². The summed E-state index contributed by atoms with van der Waals surface area (Å²) in [6.45, 7) is -0.478. The Morgan fingerprint density at radius 3 is 2.57 bits per heavy atom. The molecule has 4 rings (SSSR count). The molecular formula is C20H13F3N4O2S. The minimum absolute atomic E-state index is 0.0289. The summed E-state index contributed by atoms with van der Waals surface area (Å²) in [7, 11) is 0. The highest BCUT2D eigenvalue weighted by Crippen LogP contribution is 2.31. The van der Waals surface area contributed by atoms with Crippen molar-refractivity contribution in [2.75, 3.05) is 5.32 Å². The number of rotatable bonds is 4. The molecule has 2 aromatic heterocycles. The summed E-state index contributed by atoms with van der Waals surface area (Å²) in [5.74, 6) is -0.691. The van der Waals surface area contributed by atoms with Gasteiger partial charge in [-0.05, 0) is 29.8 Å². The van der Waals surface area contributed by atoms with E-state index in [1.165, 1.54) is 23.5 Å². The summed E-state index contributed by atoms with van der Waals surface area (Å²) < 4.78 is 39.3. The molecule has 0 radical (unpaired) electrons. The molecule has 0 atom stereocenters. The van der Waals surface area contributed by atoms with E-state index in [2.05, 4.69) is 15.6 Å².